The Morgan fingerprint density at radius 1 is 1.07 bits per heavy atom. The van der Waals surface area contributed by atoms with Gasteiger partial charge in [0.2, 0.25) is 10.0 Å². The molecule has 2 aliphatic heterocycles. The number of nitrogens with one attached hydrogen (secondary N) is 1. The first kappa shape index (κ1) is 19.7. The van der Waals surface area contributed by atoms with Gasteiger partial charge in [0.1, 0.15) is 13.2 Å². The maximum Gasteiger partial charge on any atom is 0.240 e. The van der Waals surface area contributed by atoms with Crippen molar-refractivity contribution in [2.45, 2.75) is 23.8 Å². The molecule has 150 valence electrons. The highest BCUT2D eigenvalue weighted by molar-refractivity contribution is 9.10. The van der Waals surface area contributed by atoms with Crippen LogP contribution in [-0.2, 0) is 10.0 Å². The minimum atomic E-state index is -3.50. The lowest BCUT2D eigenvalue weighted by Gasteiger charge is -2.26. The molecule has 6 nitrogen and oxygen atoms in total. The minimum Gasteiger partial charge on any atom is -0.486 e. The maximum absolute atomic E-state index is 12.5. The van der Waals surface area contributed by atoms with E-state index >= 15 is 0 Å². The van der Waals surface area contributed by atoms with Crippen molar-refractivity contribution < 1.29 is 17.9 Å². The van der Waals surface area contributed by atoms with Crippen LogP contribution in [0.4, 0.5) is 0 Å². The van der Waals surface area contributed by atoms with Gasteiger partial charge in [-0.1, -0.05) is 22.0 Å². The molecule has 0 saturated carbocycles. The van der Waals surface area contributed by atoms with Crippen molar-refractivity contribution >= 4 is 26.0 Å². The summed E-state index contributed by atoms with van der Waals surface area (Å²) in [5, 5.41) is 0. The van der Waals surface area contributed by atoms with Crippen molar-refractivity contribution in [3.8, 4) is 11.5 Å². The van der Waals surface area contributed by atoms with Gasteiger partial charge in [0.05, 0.1) is 4.90 Å². The van der Waals surface area contributed by atoms with Gasteiger partial charge in [-0.25, -0.2) is 13.1 Å². The molecule has 0 spiro atoms. The number of benzene rings is 2. The molecule has 8 heteroatoms. The third-order valence-corrected chi connectivity index (χ3v) is 7.14. The summed E-state index contributed by atoms with van der Waals surface area (Å²) in [6, 6.07) is 13.0. The summed E-state index contributed by atoms with van der Waals surface area (Å²) < 4.78 is 39.8. The highest BCUT2D eigenvalue weighted by atomic mass is 79.9. The fraction of sp³-hybridized carbons (Fsp3) is 0.400. The SMILES string of the molecule is O=S(=O)(NCCN1CCCC1c1ccc2c(c1)OCCO2)c1ccc(Br)cc1. The van der Waals surface area contributed by atoms with E-state index in [0.717, 1.165) is 35.4 Å². The molecule has 1 unspecified atom stereocenters. The molecule has 4 rings (SSSR count). The van der Waals surface area contributed by atoms with Crippen LogP contribution in [0.5, 0.6) is 11.5 Å². The van der Waals surface area contributed by atoms with Crippen LogP contribution >= 0.6 is 15.9 Å². The number of likely N-dealkylation sites (tertiary alicyclic amines) is 1. The highest BCUT2D eigenvalue weighted by Crippen LogP contribution is 2.37. The number of fused-ring (bicyclic) bond motifs is 1. The highest BCUT2D eigenvalue weighted by Gasteiger charge is 2.27. The normalized spacial score (nSPS) is 19.7. The second-order valence-electron chi connectivity index (χ2n) is 6.95. The van der Waals surface area contributed by atoms with Crippen LogP contribution in [0.2, 0.25) is 0 Å². The monoisotopic (exact) mass is 466 g/mol. The molecular weight excluding hydrogens is 444 g/mol. The minimum absolute atomic E-state index is 0.271. The van der Waals surface area contributed by atoms with E-state index < -0.39 is 10.0 Å². The third kappa shape index (κ3) is 4.35. The summed E-state index contributed by atoms with van der Waals surface area (Å²) in [6.07, 6.45) is 2.15. The van der Waals surface area contributed by atoms with Crippen molar-refractivity contribution in [1.82, 2.24) is 9.62 Å². The zero-order chi connectivity index (χ0) is 19.6. The van der Waals surface area contributed by atoms with E-state index in [9.17, 15) is 8.42 Å². The van der Waals surface area contributed by atoms with Crippen LogP contribution in [0, 0.1) is 0 Å². The van der Waals surface area contributed by atoms with Gasteiger partial charge in [-0.3, -0.25) is 4.90 Å². The van der Waals surface area contributed by atoms with Crippen molar-refractivity contribution in [3.63, 3.8) is 0 Å². The third-order valence-electron chi connectivity index (χ3n) is 5.13. The number of rotatable bonds is 6. The molecule has 1 fully saturated rings. The Bertz CT molecular complexity index is 934. The van der Waals surface area contributed by atoms with E-state index in [1.165, 1.54) is 5.56 Å². The van der Waals surface area contributed by atoms with Gasteiger partial charge in [-0.05, 0) is 61.3 Å². The molecule has 2 heterocycles. The topological polar surface area (TPSA) is 67.9 Å². The molecule has 2 aromatic carbocycles. The van der Waals surface area contributed by atoms with Crippen LogP contribution in [0.1, 0.15) is 24.4 Å². The molecule has 1 N–H and O–H groups in total. The number of sulfonamides is 1. The second-order valence-corrected chi connectivity index (χ2v) is 9.63. The van der Waals surface area contributed by atoms with E-state index in [2.05, 4.69) is 37.7 Å². The van der Waals surface area contributed by atoms with Crippen LogP contribution in [0.25, 0.3) is 0 Å². The Balaban J connectivity index is 1.38. The van der Waals surface area contributed by atoms with Crippen molar-refractivity contribution in [3.05, 3.63) is 52.5 Å². The summed E-state index contributed by atoms with van der Waals surface area (Å²) in [4.78, 5) is 2.61. The van der Waals surface area contributed by atoms with E-state index in [-0.39, 0.29) is 10.9 Å². The van der Waals surface area contributed by atoms with E-state index in [1.807, 2.05) is 6.07 Å². The Morgan fingerprint density at radius 3 is 2.61 bits per heavy atom. The molecule has 0 radical (unpaired) electrons. The number of halogens is 1. The van der Waals surface area contributed by atoms with Crippen molar-refractivity contribution in [2.24, 2.45) is 0 Å². The average molecular weight is 467 g/mol. The van der Waals surface area contributed by atoms with E-state index in [1.54, 1.807) is 24.3 Å². The quantitative estimate of drug-likeness (QED) is 0.706. The number of hydrogen-bond donors (Lipinski definition) is 1. The van der Waals surface area contributed by atoms with Gasteiger partial charge in [0.15, 0.2) is 11.5 Å². The Hall–Kier alpha value is -1.61. The summed E-state index contributed by atoms with van der Waals surface area (Å²) in [7, 11) is -3.50. The average Bonchev–Trinajstić information content (AvgIpc) is 3.16. The Morgan fingerprint density at radius 2 is 1.82 bits per heavy atom. The molecule has 0 aliphatic carbocycles. The van der Waals surface area contributed by atoms with Crippen LogP contribution in [0.15, 0.2) is 51.8 Å². The fourth-order valence-electron chi connectivity index (χ4n) is 3.76. The Labute approximate surface area is 174 Å². The molecule has 2 aliphatic rings. The van der Waals surface area contributed by atoms with E-state index in [0.29, 0.717) is 26.3 Å². The first-order valence-corrected chi connectivity index (χ1v) is 11.7. The summed E-state index contributed by atoms with van der Waals surface area (Å²) in [6.45, 7) is 3.15. The maximum atomic E-state index is 12.5. The predicted molar refractivity (Wildman–Crippen MR) is 110 cm³/mol. The molecule has 0 aromatic heterocycles. The standard InChI is InChI=1S/C20H23BrN2O4S/c21-16-4-6-17(7-5-16)28(24,25)22-9-11-23-10-1-2-18(23)15-3-8-19-20(14-15)27-13-12-26-19/h3-8,14,18,22H,1-2,9-13H2. The summed E-state index contributed by atoms with van der Waals surface area (Å²) in [5.74, 6) is 1.59. The lowest BCUT2D eigenvalue weighted by molar-refractivity contribution is 0.170. The Kier molecular flexibility index (Phi) is 5.91. The van der Waals surface area contributed by atoms with Gasteiger partial charge >= 0.3 is 0 Å². The predicted octanol–water partition coefficient (Wildman–Crippen LogP) is 3.34. The molecule has 0 amide bonds. The van der Waals surface area contributed by atoms with Crippen molar-refractivity contribution in [2.75, 3.05) is 32.8 Å². The largest absolute Gasteiger partial charge is 0.486 e. The van der Waals surface area contributed by atoms with Gasteiger partial charge in [0, 0.05) is 23.6 Å². The van der Waals surface area contributed by atoms with Crippen molar-refractivity contribution in [1.29, 1.82) is 0 Å². The first-order chi connectivity index (χ1) is 13.5. The van der Waals surface area contributed by atoms with Gasteiger partial charge in [-0.15, -0.1) is 0 Å². The zero-order valence-corrected chi connectivity index (χ0v) is 17.8. The number of ether oxygens (including phenoxy) is 2. The van der Waals surface area contributed by atoms with Gasteiger partial charge < -0.3 is 9.47 Å². The smallest absolute Gasteiger partial charge is 0.240 e. The molecule has 0 bridgehead atoms. The first-order valence-electron chi connectivity index (χ1n) is 9.42. The van der Waals surface area contributed by atoms with Gasteiger partial charge in [0.25, 0.3) is 0 Å². The van der Waals surface area contributed by atoms with Crippen LogP contribution in [0.3, 0.4) is 0 Å². The summed E-state index contributed by atoms with van der Waals surface area (Å²) >= 11 is 3.32. The van der Waals surface area contributed by atoms with Gasteiger partial charge in [-0.2, -0.15) is 0 Å². The lowest BCUT2D eigenvalue weighted by atomic mass is 10.0. The number of nitrogens with zero attached hydrogens (tertiary/aromatic N) is 1. The fourth-order valence-corrected chi connectivity index (χ4v) is 5.04. The van der Waals surface area contributed by atoms with E-state index in [4.69, 9.17) is 9.47 Å². The zero-order valence-electron chi connectivity index (χ0n) is 15.4. The lowest BCUT2D eigenvalue weighted by Crippen LogP contribution is -2.34. The molecule has 1 atom stereocenters. The second kappa shape index (κ2) is 8.41. The molecule has 1 saturated heterocycles. The molecule has 2 aromatic rings. The van der Waals surface area contributed by atoms with Crippen LogP contribution < -0.4 is 14.2 Å². The summed E-state index contributed by atoms with van der Waals surface area (Å²) in [5.41, 5.74) is 1.19. The van der Waals surface area contributed by atoms with Crippen LogP contribution in [-0.4, -0.2) is 46.2 Å². The molecular formula is C20H23BrN2O4S. The number of hydrogen-bond acceptors (Lipinski definition) is 5. The molecule has 28 heavy (non-hydrogen) atoms.